The molecule has 11 heteroatoms. The van der Waals surface area contributed by atoms with Crippen molar-refractivity contribution in [1.29, 1.82) is 0 Å². The number of thiophene rings is 1. The number of amides is 2. The monoisotopic (exact) mass is 540 g/mol. The summed E-state index contributed by atoms with van der Waals surface area (Å²) >= 11 is 6.20. The first-order chi connectivity index (χ1) is 15.0. The third-order valence-electron chi connectivity index (χ3n) is 4.81. The van der Waals surface area contributed by atoms with Crippen molar-refractivity contribution < 1.29 is 24.2 Å². The van der Waals surface area contributed by atoms with E-state index >= 15 is 0 Å². The topological polar surface area (TPSA) is 95.9 Å². The summed E-state index contributed by atoms with van der Waals surface area (Å²) < 4.78 is 5.75. The van der Waals surface area contributed by atoms with Gasteiger partial charge in [0, 0.05) is 21.1 Å². The molecule has 1 unspecified atom stereocenters. The lowest BCUT2D eigenvalue weighted by molar-refractivity contribution is -0.150. The second-order valence-corrected chi connectivity index (χ2v) is 10.5. The van der Waals surface area contributed by atoms with Crippen LogP contribution in [0.4, 0.5) is 0 Å². The molecule has 4 rings (SSSR count). The van der Waals surface area contributed by atoms with Gasteiger partial charge in [-0.25, -0.2) is 4.79 Å². The van der Waals surface area contributed by atoms with Crippen LogP contribution in [-0.4, -0.2) is 51.6 Å². The molecule has 0 radical (unpaired) electrons. The van der Waals surface area contributed by atoms with Gasteiger partial charge in [0.05, 0.1) is 6.42 Å². The van der Waals surface area contributed by atoms with Crippen molar-refractivity contribution in [3.05, 3.63) is 57.9 Å². The van der Waals surface area contributed by atoms with Crippen molar-refractivity contribution in [1.82, 2.24) is 10.2 Å². The van der Waals surface area contributed by atoms with Gasteiger partial charge in [-0.05, 0) is 60.7 Å². The number of benzene rings is 1. The molecule has 7 nitrogen and oxygen atoms in total. The van der Waals surface area contributed by atoms with E-state index in [0.29, 0.717) is 17.1 Å². The number of carbonyl (C=O) groups excluding carboxylic acids is 2. The smallest absolute Gasteiger partial charge is 0.352 e. The maximum atomic E-state index is 12.7. The van der Waals surface area contributed by atoms with E-state index in [9.17, 15) is 19.5 Å². The number of thioether (sulfide) groups is 1. The summed E-state index contributed by atoms with van der Waals surface area (Å²) in [6.07, 6.45) is 0.200. The Bertz CT molecular complexity index is 1030. The van der Waals surface area contributed by atoms with Gasteiger partial charge in [-0.1, -0.05) is 6.07 Å². The van der Waals surface area contributed by atoms with Crippen LogP contribution < -0.4 is 10.1 Å². The molecule has 0 aliphatic carbocycles. The second-order valence-electron chi connectivity index (χ2n) is 6.81. The Kier molecular flexibility index (Phi) is 6.95. The Morgan fingerprint density at radius 1 is 1.29 bits per heavy atom. The van der Waals surface area contributed by atoms with Gasteiger partial charge in [0.1, 0.15) is 29.5 Å². The molecule has 2 aromatic rings. The molecule has 3 heterocycles. The summed E-state index contributed by atoms with van der Waals surface area (Å²) in [5.74, 6) is -0.815. The minimum atomic E-state index is -1.17. The number of nitrogens with zero attached hydrogens (tertiary/aromatic N) is 1. The number of carbonyl (C=O) groups is 3. The van der Waals surface area contributed by atoms with Gasteiger partial charge in [-0.15, -0.1) is 23.1 Å². The van der Waals surface area contributed by atoms with Crippen LogP contribution in [-0.2, 0) is 20.8 Å². The fourth-order valence-electron chi connectivity index (χ4n) is 3.35. The van der Waals surface area contributed by atoms with Crippen molar-refractivity contribution in [3.8, 4) is 5.75 Å². The van der Waals surface area contributed by atoms with Crippen LogP contribution in [0.25, 0.3) is 0 Å². The molecule has 162 valence electrons. The van der Waals surface area contributed by atoms with E-state index in [4.69, 9.17) is 4.74 Å². The summed E-state index contributed by atoms with van der Waals surface area (Å²) in [6, 6.07) is 10.4. The number of β-lactam (4-membered cyclic amide) rings is 1. The number of halogens is 1. The van der Waals surface area contributed by atoms with Gasteiger partial charge in [0.25, 0.3) is 5.91 Å². The molecule has 2 atom stereocenters. The van der Waals surface area contributed by atoms with Crippen LogP contribution in [0.1, 0.15) is 4.88 Å². The van der Waals surface area contributed by atoms with Crippen molar-refractivity contribution in [3.63, 3.8) is 0 Å². The highest BCUT2D eigenvalue weighted by Gasteiger charge is 2.54. The predicted molar refractivity (Wildman–Crippen MR) is 124 cm³/mol. The Labute approximate surface area is 198 Å². The van der Waals surface area contributed by atoms with Crippen molar-refractivity contribution >= 4 is 65.9 Å². The maximum absolute atomic E-state index is 12.7. The van der Waals surface area contributed by atoms with E-state index in [-0.39, 0.29) is 24.6 Å². The number of nitrogens with one attached hydrogen (secondary N) is 1. The highest BCUT2D eigenvalue weighted by atomic mass is 79.9. The van der Waals surface area contributed by atoms with Gasteiger partial charge in [0.2, 0.25) is 5.91 Å². The number of carboxylic acid groups (broad SMARTS) is 1. The first-order valence-corrected chi connectivity index (χ1v) is 13.8. The highest BCUT2D eigenvalue weighted by Crippen LogP contribution is 2.40. The Morgan fingerprint density at radius 2 is 2.06 bits per heavy atom. The molecule has 0 saturated carbocycles. The van der Waals surface area contributed by atoms with Crippen LogP contribution in [0.2, 0.25) is 0 Å². The van der Waals surface area contributed by atoms with E-state index in [1.165, 1.54) is 38.2 Å². The summed E-state index contributed by atoms with van der Waals surface area (Å²) in [5, 5.41) is 14.0. The minimum absolute atomic E-state index is 0.0508. The maximum Gasteiger partial charge on any atom is 0.352 e. The van der Waals surface area contributed by atoms with E-state index < -0.39 is 23.3 Å². The van der Waals surface area contributed by atoms with Crippen LogP contribution in [0.3, 0.4) is 0 Å². The lowest BCUT2D eigenvalue weighted by Crippen LogP contribution is -2.70. The summed E-state index contributed by atoms with van der Waals surface area (Å²) in [7, 11) is 1.43. The lowest BCUT2D eigenvalue weighted by atomic mass is 10.0. The molecule has 2 aliphatic heterocycles. The molecule has 2 amide bonds. The molecular weight excluding hydrogens is 524 g/mol. The highest BCUT2D eigenvalue weighted by molar-refractivity contribution is 9.50. The zero-order valence-corrected chi connectivity index (χ0v) is 20.0. The lowest BCUT2D eigenvalue weighted by Gasteiger charge is -2.49. The number of hydrogen-bond donors (Lipinski definition) is 2. The zero-order valence-electron chi connectivity index (χ0n) is 15.9. The summed E-state index contributed by atoms with van der Waals surface area (Å²) in [4.78, 5) is 40.1. The van der Waals surface area contributed by atoms with Gasteiger partial charge in [-0.2, -0.15) is 0 Å². The van der Waals surface area contributed by atoms with Crippen LogP contribution in [0, 0.1) is 0 Å². The van der Waals surface area contributed by atoms with Gasteiger partial charge in [-0.3, -0.25) is 14.5 Å². The number of ether oxygens (including phenoxy) is 1. The normalized spacial score (nSPS) is 20.2. The van der Waals surface area contributed by atoms with Crippen LogP contribution in [0.15, 0.2) is 57.9 Å². The Balaban J connectivity index is 1.42. The van der Waals surface area contributed by atoms with Crippen LogP contribution in [0.5, 0.6) is 5.75 Å². The quantitative estimate of drug-likeness (QED) is 0.494. The minimum Gasteiger partial charge on any atom is -0.489 e. The number of carboxylic acids is 1. The molecule has 1 saturated heterocycles. The summed E-state index contributed by atoms with van der Waals surface area (Å²) in [6.45, 7) is 0.0708. The molecule has 1 aromatic carbocycles. The molecule has 0 spiro atoms. The van der Waals surface area contributed by atoms with E-state index in [0.717, 1.165) is 9.77 Å². The van der Waals surface area contributed by atoms with E-state index in [1.54, 1.807) is 12.1 Å². The molecular formula is C20H17BrN2O5S3. The molecule has 2 aliphatic rings. The van der Waals surface area contributed by atoms with Gasteiger partial charge in [0.15, 0.2) is 0 Å². The van der Waals surface area contributed by atoms with Crippen molar-refractivity contribution in [2.45, 2.75) is 22.7 Å². The third kappa shape index (κ3) is 4.79. The standard InChI is InChI=1S/C20H17BrN2O5S3/c21-31-13-5-3-12(4-6-13)28-9-11-10-30-19-16(18(25)23(19)17(11)20(26)27)22-15(24)8-14-2-1-7-29-14/h1-7,16,19H,8-10H2,(H,22,24)(H,26,27)/t16?,19-/m1/s1. The van der Waals surface area contributed by atoms with E-state index in [2.05, 4.69) is 20.1 Å². The molecule has 31 heavy (non-hydrogen) atoms. The number of fused-ring (bicyclic) bond motifs is 1. The average molecular weight is 541 g/mol. The number of rotatable bonds is 8. The molecule has 0 bridgehead atoms. The van der Waals surface area contributed by atoms with Crippen LogP contribution >= 0.6 is 48.1 Å². The first-order valence-electron chi connectivity index (χ1n) is 9.21. The average Bonchev–Trinajstić information content (AvgIpc) is 3.28. The largest absolute Gasteiger partial charge is 0.489 e. The Hall–Kier alpha value is -1.95. The number of hydrogen-bond acceptors (Lipinski definition) is 7. The SMILES string of the molecule is O=C(Cc1cccs1)NC1C(=O)N2C(C(=O)O)=C(COc3ccc(SBr)cc3)CS[C@H]12. The predicted octanol–water partition coefficient (Wildman–Crippen LogP) is 3.51. The van der Waals surface area contributed by atoms with Crippen molar-refractivity contribution in [2.75, 3.05) is 12.4 Å². The Morgan fingerprint density at radius 3 is 2.71 bits per heavy atom. The molecule has 1 fully saturated rings. The van der Waals surface area contributed by atoms with Crippen molar-refractivity contribution in [2.24, 2.45) is 0 Å². The third-order valence-corrected chi connectivity index (χ3v) is 8.59. The molecule has 2 N–H and O–H groups in total. The second kappa shape index (κ2) is 9.68. The van der Waals surface area contributed by atoms with E-state index in [1.807, 2.05) is 29.6 Å². The fourth-order valence-corrected chi connectivity index (χ4v) is 6.27. The fraction of sp³-hybridized carbons (Fsp3) is 0.250. The zero-order chi connectivity index (χ0) is 22.0. The van der Waals surface area contributed by atoms with Gasteiger partial charge >= 0.3 is 5.97 Å². The molecule has 1 aromatic heterocycles. The number of aliphatic carboxylic acids is 1. The van der Waals surface area contributed by atoms with Gasteiger partial charge < -0.3 is 15.2 Å². The first kappa shape index (κ1) is 22.3. The summed E-state index contributed by atoms with van der Waals surface area (Å²) in [5.41, 5.74) is 0.481.